The Morgan fingerprint density at radius 1 is 1.14 bits per heavy atom. The van der Waals surface area contributed by atoms with E-state index in [9.17, 15) is 10.1 Å². The number of nitrogens with zero attached hydrogens (tertiary/aromatic N) is 4. The summed E-state index contributed by atoms with van der Waals surface area (Å²) in [6.45, 7) is 6.40. The van der Waals surface area contributed by atoms with E-state index < -0.39 is 4.92 Å². The molecule has 0 aliphatic heterocycles. The molecular formula is C21H23N5O2. The lowest BCUT2D eigenvalue weighted by atomic mass is 10.1. The quantitative estimate of drug-likeness (QED) is 0.459. The van der Waals surface area contributed by atoms with Gasteiger partial charge in [0.05, 0.1) is 11.0 Å². The summed E-state index contributed by atoms with van der Waals surface area (Å²) in [5.74, 6) is 0.480. The number of anilines is 3. The molecule has 0 saturated heterocycles. The number of nitrogens with one attached hydrogen (secondary N) is 1. The highest BCUT2D eigenvalue weighted by molar-refractivity contribution is 5.76. The smallest absolute Gasteiger partial charge is 0.353 e. The number of aromatic nitrogens is 2. The Labute approximate surface area is 164 Å². The molecule has 0 amide bonds. The van der Waals surface area contributed by atoms with Crippen LogP contribution < -0.4 is 10.2 Å². The molecule has 1 heterocycles. The lowest BCUT2D eigenvalue weighted by Crippen LogP contribution is -2.20. The normalized spacial score (nSPS) is 11.7. The van der Waals surface area contributed by atoms with Crippen LogP contribution >= 0.6 is 0 Å². The predicted octanol–water partition coefficient (Wildman–Crippen LogP) is 5.02. The average molecular weight is 377 g/mol. The van der Waals surface area contributed by atoms with Crippen LogP contribution in [0.4, 0.5) is 23.0 Å². The molecule has 0 spiro atoms. The Kier molecular flexibility index (Phi) is 5.84. The molecule has 1 atom stereocenters. The van der Waals surface area contributed by atoms with E-state index in [-0.39, 0.29) is 23.4 Å². The van der Waals surface area contributed by atoms with Crippen molar-refractivity contribution in [3.8, 4) is 0 Å². The van der Waals surface area contributed by atoms with Crippen molar-refractivity contribution in [2.45, 2.75) is 26.8 Å². The first kappa shape index (κ1) is 19.3. The van der Waals surface area contributed by atoms with Crippen LogP contribution in [0.25, 0.3) is 0 Å². The van der Waals surface area contributed by atoms with Gasteiger partial charge in [-0.1, -0.05) is 42.5 Å². The Morgan fingerprint density at radius 2 is 1.89 bits per heavy atom. The van der Waals surface area contributed by atoms with Gasteiger partial charge in [-0.05, 0) is 44.0 Å². The highest BCUT2D eigenvalue weighted by atomic mass is 16.6. The predicted molar refractivity (Wildman–Crippen MR) is 111 cm³/mol. The fraction of sp³-hybridized carbons (Fsp3) is 0.238. The van der Waals surface area contributed by atoms with Crippen molar-refractivity contribution >= 4 is 23.0 Å². The number of hydrogen-bond acceptors (Lipinski definition) is 6. The minimum Gasteiger partial charge on any atom is -0.358 e. The van der Waals surface area contributed by atoms with Crippen molar-refractivity contribution in [2.24, 2.45) is 0 Å². The molecule has 2 aromatic carbocycles. The van der Waals surface area contributed by atoms with Gasteiger partial charge in [-0.15, -0.1) is 0 Å². The topological polar surface area (TPSA) is 84.2 Å². The molecule has 0 aliphatic rings. The van der Waals surface area contributed by atoms with E-state index >= 15 is 0 Å². The maximum absolute atomic E-state index is 11.9. The van der Waals surface area contributed by atoms with E-state index in [1.54, 1.807) is 0 Å². The van der Waals surface area contributed by atoms with Crippen LogP contribution in [0, 0.1) is 17.0 Å². The van der Waals surface area contributed by atoms with Gasteiger partial charge >= 0.3 is 5.69 Å². The lowest BCUT2D eigenvalue weighted by molar-refractivity contribution is -0.383. The number of aryl methyl sites for hydroxylation is 1. The molecule has 144 valence electrons. The van der Waals surface area contributed by atoms with E-state index in [4.69, 9.17) is 0 Å². The summed E-state index contributed by atoms with van der Waals surface area (Å²) in [6.07, 6.45) is 1.36. The van der Waals surface area contributed by atoms with Gasteiger partial charge in [0.2, 0.25) is 11.6 Å². The standard InChI is InChI=1S/C21H23N5O2/c1-4-25(18-12-8-9-15(2)13-18)21-19(26(27)28)20(22-14-23-21)24-16(3)17-10-6-5-7-11-17/h5-14,16H,4H2,1-3H3,(H,22,23,24). The van der Waals surface area contributed by atoms with Crippen molar-refractivity contribution in [2.75, 3.05) is 16.8 Å². The Balaban J connectivity index is 2.03. The van der Waals surface area contributed by atoms with Crippen molar-refractivity contribution in [1.29, 1.82) is 0 Å². The summed E-state index contributed by atoms with van der Waals surface area (Å²) in [7, 11) is 0. The van der Waals surface area contributed by atoms with Crippen LogP contribution in [0.5, 0.6) is 0 Å². The maximum atomic E-state index is 11.9. The first-order valence-electron chi connectivity index (χ1n) is 9.16. The van der Waals surface area contributed by atoms with E-state index in [0.717, 1.165) is 16.8 Å². The van der Waals surface area contributed by atoms with Gasteiger partial charge in [0.25, 0.3) is 0 Å². The van der Waals surface area contributed by atoms with Crippen molar-refractivity contribution in [3.05, 3.63) is 82.2 Å². The monoisotopic (exact) mass is 377 g/mol. The Morgan fingerprint density at radius 3 is 2.54 bits per heavy atom. The summed E-state index contributed by atoms with van der Waals surface area (Å²) < 4.78 is 0. The summed E-state index contributed by atoms with van der Waals surface area (Å²) in [5, 5.41) is 15.1. The molecule has 1 N–H and O–H groups in total. The number of rotatable bonds is 7. The van der Waals surface area contributed by atoms with Gasteiger partial charge in [-0.3, -0.25) is 10.1 Å². The van der Waals surface area contributed by atoms with E-state index in [0.29, 0.717) is 6.54 Å². The fourth-order valence-corrected chi connectivity index (χ4v) is 3.12. The molecule has 0 fully saturated rings. The zero-order valence-corrected chi connectivity index (χ0v) is 16.2. The SMILES string of the molecule is CCN(c1cccc(C)c1)c1ncnc(NC(C)c2ccccc2)c1[N+](=O)[O-]. The first-order valence-corrected chi connectivity index (χ1v) is 9.16. The molecular weight excluding hydrogens is 354 g/mol. The fourth-order valence-electron chi connectivity index (χ4n) is 3.12. The van der Waals surface area contributed by atoms with Crippen molar-refractivity contribution in [1.82, 2.24) is 9.97 Å². The molecule has 0 radical (unpaired) electrons. The second-order valence-electron chi connectivity index (χ2n) is 6.51. The Bertz CT molecular complexity index is 962. The third-order valence-electron chi connectivity index (χ3n) is 4.52. The zero-order valence-electron chi connectivity index (χ0n) is 16.2. The molecule has 0 bridgehead atoms. The van der Waals surface area contributed by atoms with Gasteiger partial charge in [0.15, 0.2) is 0 Å². The summed E-state index contributed by atoms with van der Waals surface area (Å²) >= 11 is 0. The highest BCUT2D eigenvalue weighted by Crippen LogP contribution is 2.37. The van der Waals surface area contributed by atoms with Crippen LogP contribution in [0.3, 0.4) is 0 Å². The van der Waals surface area contributed by atoms with E-state index in [1.807, 2.05) is 80.3 Å². The lowest BCUT2D eigenvalue weighted by Gasteiger charge is -2.23. The average Bonchev–Trinajstić information content (AvgIpc) is 2.69. The minimum absolute atomic E-state index is 0.131. The third kappa shape index (κ3) is 4.09. The first-order chi connectivity index (χ1) is 13.5. The van der Waals surface area contributed by atoms with Crippen LogP contribution in [0.15, 0.2) is 60.9 Å². The molecule has 7 nitrogen and oxygen atoms in total. The minimum atomic E-state index is -0.423. The Hall–Kier alpha value is -3.48. The third-order valence-corrected chi connectivity index (χ3v) is 4.52. The maximum Gasteiger partial charge on any atom is 0.353 e. The van der Waals surface area contributed by atoms with E-state index in [2.05, 4.69) is 15.3 Å². The van der Waals surface area contributed by atoms with Crippen LogP contribution in [-0.2, 0) is 0 Å². The molecule has 1 aromatic heterocycles. The molecule has 1 unspecified atom stereocenters. The second-order valence-corrected chi connectivity index (χ2v) is 6.51. The van der Waals surface area contributed by atoms with Crippen LogP contribution in [0.2, 0.25) is 0 Å². The highest BCUT2D eigenvalue weighted by Gasteiger charge is 2.28. The van der Waals surface area contributed by atoms with Gasteiger partial charge in [0.1, 0.15) is 6.33 Å². The van der Waals surface area contributed by atoms with Crippen molar-refractivity contribution in [3.63, 3.8) is 0 Å². The largest absolute Gasteiger partial charge is 0.358 e. The molecule has 0 saturated carbocycles. The van der Waals surface area contributed by atoms with Crippen LogP contribution in [0.1, 0.15) is 31.0 Å². The van der Waals surface area contributed by atoms with Gasteiger partial charge in [0, 0.05) is 12.2 Å². The summed E-state index contributed by atoms with van der Waals surface area (Å²) in [5.41, 5.74) is 2.81. The van der Waals surface area contributed by atoms with E-state index in [1.165, 1.54) is 6.33 Å². The summed E-state index contributed by atoms with van der Waals surface area (Å²) in [6, 6.07) is 17.4. The number of benzene rings is 2. The van der Waals surface area contributed by atoms with Gasteiger partial charge in [-0.25, -0.2) is 9.97 Å². The van der Waals surface area contributed by atoms with Gasteiger partial charge in [-0.2, -0.15) is 0 Å². The molecule has 3 rings (SSSR count). The van der Waals surface area contributed by atoms with Crippen LogP contribution in [-0.4, -0.2) is 21.4 Å². The second kappa shape index (κ2) is 8.47. The van der Waals surface area contributed by atoms with Crippen molar-refractivity contribution < 1.29 is 4.92 Å². The van der Waals surface area contributed by atoms with Gasteiger partial charge < -0.3 is 10.2 Å². The number of hydrogen-bond donors (Lipinski definition) is 1. The zero-order chi connectivity index (χ0) is 20.1. The number of nitro groups is 1. The molecule has 7 heteroatoms. The molecule has 3 aromatic rings. The summed E-state index contributed by atoms with van der Waals surface area (Å²) in [4.78, 5) is 21.8. The molecule has 0 aliphatic carbocycles. The molecule has 28 heavy (non-hydrogen) atoms.